The lowest BCUT2D eigenvalue weighted by Gasteiger charge is -2.28. The van der Waals surface area contributed by atoms with Gasteiger partial charge in [0, 0.05) is 31.1 Å². The number of carbonyl (C=O) groups is 1. The van der Waals surface area contributed by atoms with Crippen molar-refractivity contribution in [1.29, 1.82) is 0 Å². The smallest absolute Gasteiger partial charge is 0.271 e. The highest BCUT2D eigenvalue weighted by Crippen LogP contribution is 2.40. The summed E-state index contributed by atoms with van der Waals surface area (Å²) in [5.74, 6) is -3.99. The third-order valence-electron chi connectivity index (χ3n) is 5.64. The molecule has 0 radical (unpaired) electrons. The first-order valence-corrected chi connectivity index (χ1v) is 11.2. The summed E-state index contributed by atoms with van der Waals surface area (Å²) in [5, 5.41) is 2.50. The van der Waals surface area contributed by atoms with Gasteiger partial charge in [-0.25, -0.2) is 31.7 Å². The molecule has 0 saturated heterocycles. The van der Waals surface area contributed by atoms with Crippen LogP contribution in [0.25, 0.3) is 0 Å². The highest BCUT2D eigenvalue weighted by molar-refractivity contribution is 7.81. The molecule has 1 unspecified atom stereocenters. The summed E-state index contributed by atoms with van der Waals surface area (Å²) < 4.78 is 73.8. The number of halogens is 3. The van der Waals surface area contributed by atoms with E-state index in [0.29, 0.717) is 22.8 Å². The van der Waals surface area contributed by atoms with Crippen LogP contribution in [0.2, 0.25) is 0 Å². The van der Waals surface area contributed by atoms with Crippen LogP contribution in [-0.2, 0) is 24.2 Å². The lowest BCUT2D eigenvalue weighted by atomic mass is 9.89. The summed E-state index contributed by atoms with van der Waals surface area (Å²) in [4.78, 5) is 19.8. The number of methoxy groups -OCH3 is 1. The number of pyridine rings is 1. The van der Waals surface area contributed by atoms with E-state index >= 15 is 4.39 Å². The molecule has 0 spiro atoms. The number of benzene rings is 1. The highest BCUT2D eigenvalue weighted by Gasteiger charge is 2.32. The Morgan fingerprint density at radius 1 is 1.29 bits per heavy atom. The van der Waals surface area contributed by atoms with Gasteiger partial charge < -0.3 is 14.6 Å². The van der Waals surface area contributed by atoms with Gasteiger partial charge in [0.05, 0.1) is 31.0 Å². The predicted octanol–water partition coefficient (Wildman–Crippen LogP) is 3.07. The Morgan fingerprint density at radius 2 is 2.06 bits per heavy atom. The van der Waals surface area contributed by atoms with Crippen molar-refractivity contribution in [3.8, 4) is 5.88 Å². The molecule has 1 aliphatic rings. The Morgan fingerprint density at radius 3 is 2.74 bits per heavy atom. The zero-order chi connectivity index (χ0) is 24.6. The van der Waals surface area contributed by atoms with E-state index in [2.05, 4.69) is 15.3 Å². The number of nitrogens with one attached hydrogen (secondary N) is 1. The van der Waals surface area contributed by atoms with Crippen LogP contribution in [0.5, 0.6) is 5.88 Å². The Balaban J connectivity index is 1.77. The molecule has 180 valence electrons. The van der Waals surface area contributed by atoms with E-state index in [1.54, 1.807) is 4.57 Å². The van der Waals surface area contributed by atoms with Crippen LogP contribution < -0.4 is 14.4 Å². The zero-order valence-corrected chi connectivity index (χ0v) is 18.9. The van der Waals surface area contributed by atoms with Crippen molar-refractivity contribution in [2.75, 3.05) is 18.5 Å². The SMILES string of the molecule is CNC(=O)c1ncn2c1CC[C@H](c1c(F)ccc(N(c3cc(F)cnc3OC)S(=O)O)c1F)C2. The molecular weight excluding hydrogens is 475 g/mol. The van der Waals surface area contributed by atoms with Gasteiger partial charge in [0.1, 0.15) is 23.0 Å². The van der Waals surface area contributed by atoms with Crippen LogP contribution in [-0.4, -0.2) is 43.4 Å². The summed E-state index contributed by atoms with van der Waals surface area (Å²) in [6.07, 6.45) is 2.92. The Bertz CT molecular complexity index is 1290. The van der Waals surface area contributed by atoms with E-state index in [9.17, 15) is 22.3 Å². The van der Waals surface area contributed by atoms with Gasteiger partial charge >= 0.3 is 0 Å². The summed E-state index contributed by atoms with van der Waals surface area (Å²) in [7, 11) is 2.70. The number of ether oxygens (including phenoxy) is 1. The highest BCUT2D eigenvalue weighted by atomic mass is 32.2. The van der Waals surface area contributed by atoms with Crippen LogP contribution in [0.4, 0.5) is 24.5 Å². The molecular formula is C21H20F3N5O4S. The molecule has 2 N–H and O–H groups in total. The van der Waals surface area contributed by atoms with E-state index in [0.717, 1.165) is 24.4 Å². The first-order chi connectivity index (χ1) is 16.3. The second-order valence-electron chi connectivity index (χ2n) is 7.51. The second kappa shape index (κ2) is 9.43. The molecule has 0 aliphatic carbocycles. The fraction of sp³-hybridized carbons (Fsp3) is 0.286. The Labute approximate surface area is 195 Å². The quantitative estimate of drug-likeness (QED) is 0.509. The molecule has 0 fully saturated rings. The number of carbonyl (C=O) groups excluding carboxylic acids is 1. The van der Waals surface area contributed by atoms with Crippen molar-refractivity contribution in [3.05, 3.63) is 65.1 Å². The minimum Gasteiger partial charge on any atom is -0.479 e. The molecule has 1 amide bonds. The number of nitrogens with zero attached hydrogens (tertiary/aromatic N) is 4. The van der Waals surface area contributed by atoms with Crippen molar-refractivity contribution in [3.63, 3.8) is 0 Å². The molecule has 0 bridgehead atoms. The Hall–Kier alpha value is -3.45. The first kappa shape index (κ1) is 23.7. The number of fused-ring (bicyclic) bond motifs is 1. The van der Waals surface area contributed by atoms with Crippen molar-refractivity contribution in [2.24, 2.45) is 0 Å². The van der Waals surface area contributed by atoms with Crippen LogP contribution >= 0.6 is 0 Å². The molecule has 34 heavy (non-hydrogen) atoms. The maximum Gasteiger partial charge on any atom is 0.271 e. The van der Waals surface area contributed by atoms with Gasteiger partial charge in [-0.05, 0) is 25.0 Å². The van der Waals surface area contributed by atoms with Crippen molar-refractivity contribution in [2.45, 2.75) is 25.3 Å². The first-order valence-electron chi connectivity index (χ1n) is 10.1. The molecule has 4 rings (SSSR count). The minimum atomic E-state index is -2.87. The summed E-state index contributed by atoms with van der Waals surface area (Å²) in [6, 6.07) is 2.83. The van der Waals surface area contributed by atoms with Gasteiger partial charge in [-0.3, -0.25) is 9.35 Å². The monoisotopic (exact) mass is 495 g/mol. The van der Waals surface area contributed by atoms with E-state index in [-0.39, 0.29) is 35.3 Å². The Kier molecular flexibility index (Phi) is 6.57. The second-order valence-corrected chi connectivity index (χ2v) is 8.33. The van der Waals surface area contributed by atoms with Crippen LogP contribution in [0, 0.1) is 17.5 Å². The zero-order valence-electron chi connectivity index (χ0n) is 18.1. The van der Waals surface area contributed by atoms with E-state index in [1.807, 2.05) is 0 Å². The molecule has 13 heteroatoms. The van der Waals surface area contributed by atoms with Gasteiger partial charge in [0.25, 0.3) is 17.2 Å². The van der Waals surface area contributed by atoms with Crippen LogP contribution in [0.1, 0.15) is 34.1 Å². The predicted molar refractivity (Wildman–Crippen MR) is 117 cm³/mol. The van der Waals surface area contributed by atoms with E-state index < -0.39 is 40.3 Å². The lowest BCUT2D eigenvalue weighted by molar-refractivity contribution is 0.0957. The standard InChI is InChI=1S/C21H20F3N5O4S/c1-25-20(30)19-15-5-3-11(9-28(15)10-27-19)17-13(23)4-6-14(18(17)24)29(34(31)32)16-7-12(22)8-26-21(16)33-2/h4,6-8,10-11H,3,5,9H2,1-2H3,(H,25,30)(H,31,32)/t11-/m0/s1. The van der Waals surface area contributed by atoms with E-state index in [4.69, 9.17) is 4.74 Å². The molecule has 0 saturated carbocycles. The van der Waals surface area contributed by atoms with Gasteiger partial charge in [0.15, 0.2) is 5.82 Å². The van der Waals surface area contributed by atoms with E-state index in [1.165, 1.54) is 20.5 Å². The molecule has 9 nitrogen and oxygen atoms in total. The number of hydrogen-bond acceptors (Lipinski definition) is 5. The third-order valence-corrected chi connectivity index (χ3v) is 6.34. The number of imidazole rings is 1. The van der Waals surface area contributed by atoms with Crippen molar-refractivity contribution in [1.82, 2.24) is 19.9 Å². The molecule has 1 aromatic carbocycles. The van der Waals surface area contributed by atoms with Crippen molar-refractivity contribution < 1.29 is 31.5 Å². The van der Waals surface area contributed by atoms with Crippen LogP contribution in [0.15, 0.2) is 30.7 Å². The average Bonchev–Trinajstić information content (AvgIpc) is 3.23. The van der Waals surface area contributed by atoms with Gasteiger partial charge in [-0.1, -0.05) is 0 Å². The normalized spacial score (nSPS) is 16.0. The fourth-order valence-corrected chi connectivity index (χ4v) is 4.72. The maximum atomic E-state index is 15.7. The largest absolute Gasteiger partial charge is 0.479 e. The third kappa shape index (κ3) is 4.12. The number of rotatable bonds is 6. The number of hydrogen-bond donors (Lipinski definition) is 2. The van der Waals surface area contributed by atoms with Gasteiger partial charge in [-0.2, -0.15) is 0 Å². The summed E-state index contributed by atoms with van der Waals surface area (Å²) in [6.45, 7) is 0.143. The minimum absolute atomic E-state index is 0.143. The summed E-state index contributed by atoms with van der Waals surface area (Å²) in [5.41, 5.74) is -0.150. The van der Waals surface area contributed by atoms with Crippen molar-refractivity contribution >= 4 is 28.5 Å². The molecule has 1 aliphatic heterocycles. The topological polar surface area (TPSA) is 110 Å². The molecule has 2 aromatic heterocycles. The molecule has 2 atom stereocenters. The number of anilines is 2. The lowest BCUT2D eigenvalue weighted by Crippen LogP contribution is -2.26. The van der Waals surface area contributed by atoms with Crippen LogP contribution in [0.3, 0.4) is 0 Å². The molecule has 3 aromatic rings. The maximum absolute atomic E-state index is 15.7. The molecule has 3 heterocycles. The van der Waals surface area contributed by atoms with Gasteiger partial charge in [0.2, 0.25) is 5.88 Å². The fourth-order valence-electron chi connectivity index (χ4n) is 4.12. The summed E-state index contributed by atoms with van der Waals surface area (Å²) >= 11 is -2.87. The average molecular weight is 495 g/mol. The number of amides is 1. The number of aromatic nitrogens is 3. The van der Waals surface area contributed by atoms with Gasteiger partial charge in [-0.15, -0.1) is 0 Å².